The van der Waals surface area contributed by atoms with Crippen LogP contribution < -0.4 is 9.47 Å². The van der Waals surface area contributed by atoms with E-state index in [0.717, 1.165) is 38.9 Å². The van der Waals surface area contributed by atoms with Gasteiger partial charge in [0.15, 0.2) is 40.5 Å². The van der Waals surface area contributed by atoms with Crippen molar-refractivity contribution in [2.45, 2.75) is 0 Å². The third kappa shape index (κ3) is 4.82. The van der Waals surface area contributed by atoms with Gasteiger partial charge >= 0.3 is 0 Å². The normalized spacial score (nSPS) is 11.5. The first kappa shape index (κ1) is 25.5. The molecule has 0 saturated carbocycles. The Labute approximate surface area is 253 Å². The largest absolute Gasteiger partial charge is 0.449 e. The second-order valence-corrected chi connectivity index (χ2v) is 10.2. The minimum absolute atomic E-state index is 0.541. The Kier molecular flexibility index (Phi) is 6.31. The molecule has 7 nitrogen and oxygen atoms in total. The van der Waals surface area contributed by atoms with Crippen LogP contribution in [0.2, 0.25) is 0 Å². The summed E-state index contributed by atoms with van der Waals surface area (Å²) < 4.78 is 12.9. The molecule has 7 aromatic rings. The molecule has 0 unspecified atom stereocenters. The number of rotatable bonds is 5. The fourth-order valence-corrected chi connectivity index (χ4v) is 5.24. The molecule has 1 aliphatic heterocycles. The minimum atomic E-state index is 0.541. The summed E-state index contributed by atoms with van der Waals surface area (Å²) in [5, 5.41) is 0. The number of nitrogens with zero attached hydrogens (tertiary/aromatic N) is 5. The Morgan fingerprint density at radius 3 is 1.52 bits per heavy atom. The van der Waals surface area contributed by atoms with Crippen LogP contribution in [0.4, 0.5) is 0 Å². The molecule has 0 spiro atoms. The molecule has 8 rings (SSSR count). The van der Waals surface area contributed by atoms with Gasteiger partial charge < -0.3 is 9.47 Å². The topological polar surface area (TPSA) is 82.9 Å². The van der Waals surface area contributed by atoms with Crippen molar-refractivity contribution >= 4 is 0 Å². The molecule has 4 aromatic carbocycles. The van der Waals surface area contributed by atoms with Gasteiger partial charge in [-0.25, -0.2) is 15.0 Å². The first-order valence-corrected chi connectivity index (χ1v) is 14.1. The van der Waals surface area contributed by atoms with Gasteiger partial charge in [0.2, 0.25) is 0 Å². The molecule has 0 atom stereocenters. The predicted molar refractivity (Wildman–Crippen MR) is 169 cm³/mol. The molecule has 3 aromatic heterocycles. The van der Waals surface area contributed by atoms with Crippen LogP contribution in [0.5, 0.6) is 23.0 Å². The highest BCUT2D eigenvalue weighted by molar-refractivity contribution is 5.86. The monoisotopic (exact) mass is 569 g/mol. The number of fused-ring (bicyclic) bond motifs is 2. The molecule has 4 heterocycles. The zero-order chi connectivity index (χ0) is 29.3. The highest BCUT2D eigenvalue weighted by Gasteiger charge is 2.24. The van der Waals surface area contributed by atoms with Gasteiger partial charge in [-0.1, -0.05) is 66.7 Å². The van der Waals surface area contributed by atoms with Crippen LogP contribution in [0.25, 0.3) is 56.4 Å². The van der Waals surface area contributed by atoms with E-state index in [1.54, 1.807) is 18.6 Å². The lowest BCUT2D eigenvalue weighted by Gasteiger charge is -2.23. The van der Waals surface area contributed by atoms with Gasteiger partial charge in [-0.2, -0.15) is 0 Å². The maximum absolute atomic E-state index is 6.49. The predicted octanol–water partition coefficient (Wildman–Crippen LogP) is 8.89. The van der Waals surface area contributed by atoms with E-state index in [1.807, 2.05) is 121 Å². The van der Waals surface area contributed by atoms with Gasteiger partial charge in [0.05, 0.1) is 0 Å². The summed E-state index contributed by atoms with van der Waals surface area (Å²) in [6.07, 6.45) is 7.17. The fraction of sp³-hybridized carbons (Fsp3) is 0. The Hall–Kier alpha value is -6.21. The second kappa shape index (κ2) is 10.9. The average Bonchev–Trinajstić information content (AvgIpc) is 3.11. The third-order valence-corrected chi connectivity index (χ3v) is 7.39. The van der Waals surface area contributed by atoms with Crippen molar-refractivity contribution in [1.82, 2.24) is 24.9 Å². The molecule has 7 heteroatoms. The van der Waals surface area contributed by atoms with Crippen molar-refractivity contribution in [2.75, 3.05) is 0 Å². The lowest BCUT2D eigenvalue weighted by atomic mass is 9.95. The first-order valence-electron chi connectivity index (χ1n) is 14.1. The fourth-order valence-electron chi connectivity index (χ4n) is 5.24. The zero-order valence-electron chi connectivity index (χ0n) is 23.3. The Morgan fingerprint density at radius 1 is 0.364 bits per heavy atom. The van der Waals surface area contributed by atoms with Crippen LogP contribution in [0.1, 0.15) is 0 Å². The van der Waals surface area contributed by atoms with Crippen molar-refractivity contribution in [3.8, 4) is 79.4 Å². The number of pyridine rings is 2. The highest BCUT2D eigenvalue weighted by atomic mass is 16.6. The van der Waals surface area contributed by atoms with E-state index in [1.165, 1.54) is 0 Å². The lowest BCUT2D eigenvalue weighted by molar-refractivity contribution is 0.360. The summed E-state index contributed by atoms with van der Waals surface area (Å²) in [5.74, 6) is 4.15. The van der Waals surface area contributed by atoms with Crippen LogP contribution in [0.3, 0.4) is 0 Å². The van der Waals surface area contributed by atoms with Crippen LogP contribution in [0, 0.1) is 0 Å². The maximum Gasteiger partial charge on any atom is 0.170 e. The average molecular weight is 570 g/mol. The molecule has 208 valence electrons. The quantitative estimate of drug-likeness (QED) is 0.205. The van der Waals surface area contributed by atoms with E-state index in [0.29, 0.717) is 40.5 Å². The van der Waals surface area contributed by atoms with Crippen LogP contribution in [-0.4, -0.2) is 24.9 Å². The molecule has 0 bridgehead atoms. The van der Waals surface area contributed by atoms with E-state index >= 15 is 0 Å². The summed E-state index contributed by atoms with van der Waals surface area (Å²) in [7, 11) is 0. The van der Waals surface area contributed by atoms with Gasteiger partial charge in [0.25, 0.3) is 0 Å². The smallest absolute Gasteiger partial charge is 0.170 e. The Morgan fingerprint density at radius 2 is 0.909 bits per heavy atom. The summed E-state index contributed by atoms with van der Waals surface area (Å²) in [6, 6.07) is 37.5. The summed E-state index contributed by atoms with van der Waals surface area (Å²) >= 11 is 0. The molecule has 44 heavy (non-hydrogen) atoms. The zero-order valence-corrected chi connectivity index (χ0v) is 23.3. The molecule has 0 radical (unpaired) electrons. The van der Waals surface area contributed by atoms with Crippen molar-refractivity contribution in [1.29, 1.82) is 0 Å². The van der Waals surface area contributed by atoms with Gasteiger partial charge in [-0.05, 0) is 65.2 Å². The lowest BCUT2D eigenvalue weighted by Crippen LogP contribution is -2.02. The molecular formula is C37H23N5O2. The summed E-state index contributed by atoms with van der Waals surface area (Å²) in [6.45, 7) is 0. The molecule has 0 saturated heterocycles. The standard InChI is InChI=1S/C37H23N5O2/c1-3-8-25(9-4-1)35-40-36(26-10-5-2-6-11-26)42-37(41-35)27-13-14-31-32(20-27)44-34-22-30(28-12-7-17-39-23-28)29(21-33(34)43-31)24-15-18-38-19-16-24/h1-23H. The molecule has 0 aliphatic carbocycles. The van der Waals surface area contributed by atoms with Crippen LogP contribution in [-0.2, 0) is 0 Å². The van der Waals surface area contributed by atoms with E-state index in [-0.39, 0.29) is 0 Å². The van der Waals surface area contributed by atoms with E-state index in [2.05, 4.69) is 9.97 Å². The molecular weight excluding hydrogens is 546 g/mol. The van der Waals surface area contributed by atoms with Crippen LogP contribution in [0.15, 0.2) is 140 Å². The van der Waals surface area contributed by atoms with Crippen molar-refractivity contribution in [3.63, 3.8) is 0 Å². The maximum atomic E-state index is 6.49. The van der Waals surface area contributed by atoms with E-state index in [4.69, 9.17) is 24.4 Å². The Balaban J connectivity index is 1.22. The first-order chi connectivity index (χ1) is 21.8. The highest BCUT2D eigenvalue weighted by Crippen LogP contribution is 2.50. The van der Waals surface area contributed by atoms with Crippen molar-refractivity contribution < 1.29 is 9.47 Å². The van der Waals surface area contributed by atoms with Gasteiger partial charge in [-0.3, -0.25) is 9.97 Å². The van der Waals surface area contributed by atoms with Crippen LogP contribution >= 0.6 is 0 Å². The summed E-state index contributed by atoms with van der Waals surface area (Å²) in [5.41, 5.74) is 6.56. The van der Waals surface area contributed by atoms with E-state index in [9.17, 15) is 0 Å². The van der Waals surface area contributed by atoms with Gasteiger partial charge in [0, 0.05) is 47.0 Å². The van der Waals surface area contributed by atoms with Crippen molar-refractivity contribution in [3.05, 3.63) is 140 Å². The third-order valence-electron chi connectivity index (χ3n) is 7.39. The number of hydrogen-bond acceptors (Lipinski definition) is 7. The van der Waals surface area contributed by atoms with Gasteiger partial charge in [-0.15, -0.1) is 0 Å². The molecule has 0 N–H and O–H groups in total. The molecule has 0 fully saturated rings. The second-order valence-electron chi connectivity index (χ2n) is 10.2. The molecule has 1 aliphatic rings. The van der Waals surface area contributed by atoms with Crippen molar-refractivity contribution in [2.24, 2.45) is 0 Å². The summed E-state index contributed by atoms with van der Waals surface area (Å²) in [4.78, 5) is 23.1. The minimum Gasteiger partial charge on any atom is -0.449 e. The number of hydrogen-bond donors (Lipinski definition) is 0. The number of aromatic nitrogens is 5. The van der Waals surface area contributed by atoms with Gasteiger partial charge in [0.1, 0.15) is 0 Å². The number of benzene rings is 4. The SMILES string of the molecule is c1ccc(-c2nc(-c3ccccc3)nc(-c3ccc4c(c3)Oc3cc(-c5cccnc5)c(-c5ccncc5)cc3O4)n2)cc1. The Bertz CT molecular complexity index is 2050. The number of ether oxygens (including phenoxy) is 2. The van der Waals surface area contributed by atoms with E-state index < -0.39 is 0 Å². The molecule has 0 amide bonds.